The number of carbonyl (C=O) groups excluding carboxylic acids is 1. The van der Waals surface area contributed by atoms with Crippen molar-refractivity contribution >= 4 is 12.0 Å². The van der Waals surface area contributed by atoms with Crippen LogP contribution in [-0.4, -0.2) is 27.2 Å². The number of nitrogens with zero attached hydrogens (tertiary/aromatic N) is 3. The Balaban J connectivity index is 1.80. The van der Waals surface area contributed by atoms with Gasteiger partial charge in [0.15, 0.2) is 0 Å². The highest BCUT2D eigenvalue weighted by Gasteiger charge is 2.10. The largest absolute Gasteiger partial charge is 0.353 e. The first kappa shape index (κ1) is 19.5. The van der Waals surface area contributed by atoms with Crippen LogP contribution in [0.3, 0.4) is 0 Å². The van der Waals surface area contributed by atoms with Crippen molar-refractivity contribution in [1.82, 2.24) is 20.1 Å². The van der Waals surface area contributed by atoms with E-state index in [9.17, 15) is 4.79 Å². The highest BCUT2D eigenvalue weighted by Crippen LogP contribution is 2.23. The summed E-state index contributed by atoms with van der Waals surface area (Å²) in [6.07, 6.45) is 9.85. The minimum atomic E-state index is -0.0893. The summed E-state index contributed by atoms with van der Waals surface area (Å²) in [5.41, 5.74) is 3.80. The second-order valence-corrected chi connectivity index (χ2v) is 7.16. The van der Waals surface area contributed by atoms with E-state index in [2.05, 4.69) is 36.3 Å². The molecule has 0 saturated carbocycles. The van der Waals surface area contributed by atoms with Gasteiger partial charge in [0, 0.05) is 42.3 Å². The second kappa shape index (κ2) is 9.65. The Kier molecular flexibility index (Phi) is 6.73. The highest BCUT2D eigenvalue weighted by molar-refractivity contribution is 5.92. The van der Waals surface area contributed by atoms with E-state index in [4.69, 9.17) is 5.10 Å². The van der Waals surface area contributed by atoms with Gasteiger partial charge in [-0.25, -0.2) is 0 Å². The SMILES string of the molecule is CC(C)CCNC(=O)/C=C/c1cn(Cc2ccccc2)nc1-c1cccnc1. The molecule has 5 heteroatoms. The second-order valence-electron chi connectivity index (χ2n) is 7.16. The standard InChI is InChI=1S/C23H26N4O/c1-18(2)12-14-25-22(28)11-10-21-17-27(16-19-7-4-3-5-8-19)26-23(21)20-9-6-13-24-15-20/h3-11,13,15,17-18H,12,14,16H2,1-2H3,(H,25,28)/b11-10+. The molecule has 144 valence electrons. The summed E-state index contributed by atoms with van der Waals surface area (Å²) in [6, 6.07) is 14.0. The van der Waals surface area contributed by atoms with Crippen LogP contribution in [0, 0.1) is 5.92 Å². The molecule has 3 rings (SSSR count). The Morgan fingerprint density at radius 2 is 2.00 bits per heavy atom. The molecule has 0 unspecified atom stereocenters. The van der Waals surface area contributed by atoms with Crippen LogP contribution in [0.5, 0.6) is 0 Å². The maximum atomic E-state index is 12.1. The van der Waals surface area contributed by atoms with Crippen LogP contribution >= 0.6 is 0 Å². The van der Waals surface area contributed by atoms with Gasteiger partial charge in [-0.3, -0.25) is 14.5 Å². The first-order chi connectivity index (χ1) is 13.6. The van der Waals surface area contributed by atoms with Crippen LogP contribution in [0.15, 0.2) is 67.1 Å². The molecule has 2 heterocycles. The summed E-state index contributed by atoms with van der Waals surface area (Å²) in [4.78, 5) is 16.3. The number of pyridine rings is 1. The van der Waals surface area contributed by atoms with Crippen molar-refractivity contribution in [2.75, 3.05) is 6.54 Å². The van der Waals surface area contributed by atoms with Gasteiger partial charge in [0.1, 0.15) is 5.69 Å². The molecule has 0 bridgehead atoms. The lowest BCUT2D eigenvalue weighted by Crippen LogP contribution is -2.23. The smallest absolute Gasteiger partial charge is 0.244 e. The lowest BCUT2D eigenvalue weighted by atomic mass is 10.1. The van der Waals surface area contributed by atoms with Crippen molar-refractivity contribution < 1.29 is 4.79 Å². The number of rotatable bonds is 8. The van der Waals surface area contributed by atoms with Crippen molar-refractivity contribution in [3.63, 3.8) is 0 Å². The zero-order valence-electron chi connectivity index (χ0n) is 16.4. The maximum absolute atomic E-state index is 12.1. The van der Waals surface area contributed by atoms with Crippen LogP contribution in [-0.2, 0) is 11.3 Å². The molecular formula is C23H26N4O. The van der Waals surface area contributed by atoms with Gasteiger partial charge in [0.25, 0.3) is 0 Å². The number of carbonyl (C=O) groups is 1. The average Bonchev–Trinajstić information content (AvgIpc) is 3.10. The van der Waals surface area contributed by atoms with Crippen LogP contribution in [0.4, 0.5) is 0 Å². The monoisotopic (exact) mass is 374 g/mol. The van der Waals surface area contributed by atoms with Crippen LogP contribution in [0.25, 0.3) is 17.3 Å². The van der Waals surface area contributed by atoms with E-state index in [1.165, 1.54) is 5.56 Å². The third kappa shape index (κ3) is 5.64. The minimum absolute atomic E-state index is 0.0893. The Morgan fingerprint density at radius 1 is 1.18 bits per heavy atom. The molecule has 2 aromatic heterocycles. The molecule has 0 radical (unpaired) electrons. The lowest BCUT2D eigenvalue weighted by Gasteiger charge is -2.04. The molecule has 1 aromatic carbocycles. The van der Waals surface area contributed by atoms with Gasteiger partial charge in [-0.15, -0.1) is 0 Å². The van der Waals surface area contributed by atoms with Gasteiger partial charge in [-0.1, -0.05) is 44.2 Å². The normalized spacial score (nSPS) is 11.2. The summed E-state index contributed by atoms with van der Waals surface area (Å²) in [5, 5.41) is 7.66. The fourth-order valence-corrected chi connectivity index (χ4v) is 2.85. The third-order valence-corrected chi connectivity index (χ3v) is 4.35. The van der Waals surface area contributed by atoms with E-state index >= 15 is 0 Å². The van der Waals surface area contributed by atoms with Gasteiger partial charge in [-0.05, 0) is 36.1 Å². The third-order valence-electron chi connectivity index (χ3n) is 4.35. The van der Waals surface area contributed by atoms with Crippen LogP contribution in [0.2, 0.25) is 0 Å². The molecule has 0 saturated heterocycles. The number of nitrogens with one attached hydrogen (secondary N) is 1. The van der Waals surface area contributed by atoms with E-state index in [0.29, 0.717) is 19.0 Å². The minimum Gasteiger partial charge on any atom is -0.353 e. The number of benzene rings is 1. The van der Waals surface area contributed by atoms with Crippen molar-refractivity contribution in [2.45, 2.75) is 26.8 Å². The van der Waals surface area contributed by atoms with Crippen LogP contribution < -0.4 is 5.32 Å². The Labute approximate surface area is 166 Å². The highest BCUT2D eigenvalue weighted by atomic mass is 16.1. The lowest BCUT2D eigenvalue weighted by molar-refractivity contribution is -0.116. The molecule has 0 aliphatic rings. The number of hydrogen-bond donors (Lipinski definition) is 1. The zero-order chi connectivity index (χ0) is 19.8. The molecule has 0 atom stereocenters. The predicted octanol–water partition coefficient (Wildman–Crippen LogP) is 4.17. The zero-order valence-corrected chi connectivity index (χ0v) is 16.4. The molecular weight excluding hydrogens is 348 g/mol. The van der Waals surface area contributed by atoms with Gasteiger partial charge < -0.3 is 5.32 Å². The van der Waals surface area contributed by atoms with Gasteiger partial charge in [-0.2, -0.15) is 5.10 Å². The van der Waals surface area contributed by atoms with E-state index in [1.54, 1.807) is 18.5 Å². The Morgan fingerprint density at radius 3 is 2.71 bits per heavy atom. The molecule has 0 aliphatic carbocycles. The Bertz CT molecular complexity index is 914. The summed E-state index contributed by atoms with van der Waals surface area (Å²) < 4.78 is 1.90. The van der Waals surface area contributed by atoms with Crippen molar-refractivity contribution in [2.24, 2.45) is 5.92 Å². The summed E-state index contributed by atoms with van der Waals surface area (Å²) in [6.45, 7) is 5.64. The van der Waals surface area contributed by atoms with E-state index in [0.717, 1.165) is 23.2 Å². The van der Waals surface area contributed by atoms with Gasteiger partial charge in [0.2, 0.25) is 5.91 Å². The van der Waals surface area contributed by atoms with Crippen LogP contribution in [0.1, 0.15) is 31.4 Å². The van der Waals surface area contributed by atoms with Gasteiger partial charge >= 0.3 is 0 Å². The molecule has 1 amide bonds. The average molecular weight is 374 g/mol. The first-order valence-electron chi connectivity index (χ1n) is 9.59. The number of amides is 1. The molecule has 5 nitrogen and oxygen atoms in total. The molecule has 0 fully saturated rings. The molecule has 0 aliphatic heterocycles. The number of hydrogen-bond acceptors (Lipinski definition) is 3. The van der Waals surface area contributed by atoms with Gasteiger partial charge in [0.05, 0.1) is 6.54 Å². The topological polar surface area (TPSA) is 59.8 Å². The first-order valence-corrected chi connectivity index (χ1v) is 9.59. The molecule has 28 heavy (non-hydrogen) atoms. The molecule has 3 aromatic rings. The van der Waals surface area contributed by atoms with E-state index < -0.39 is 0 Å². The van der Waals surface area contributed by atoms with Crippen molar-refractivity contribution in [1.29, 1.82) is 0 Å². The summed E-state index contributed by atoms with van der Waals surface area (Å²) in [7, 11) is 0. The van der Waals surface area contributed by atoms with E-state index in [1.807, 2.05) is 47.3 Å². The van der Waals surface area contributed by atoms with Crippen molar-refractivity contribution in [3.05, 3.63) is 78.3 Å². The summed E-state index contributed by atoms with van der Waals surface area (Å²) >= 11 is 0. The van der Waals surface area contributed by atoms with E-state index in [-0.39, 0.29) is 5.91 Å². The molecule has 0 spiro atoms. The fourth-order valence-electron chi connectivity index (χ4n) is 2.85. The summed E-state index contributed by atoms with van der Waals surface area (Å²) in [5.74, 6) is 0.478. The predicted molar refractivity (Wildman–Crippen MR) is 113 cm³/mol. The number of aromatic nitrogens is 3. The van der Waals surface area contributed by atoms with Crippen molar-refractivity contribution in [3.8, 4) is 11.3 Å². The fraction of sp³-hybridized carbons (Fsp3) is 0.261. The quantitative estimate of drug-likeness (QED) is 0.602. The maximum Gasteiger partial charge on any atom is 0.244 e. The Hall–Kier alpha value is -3.21. The molecule has 1 N–H and O–H groups in total.